The third kappa shape index (κ3) is 7.92. The third-order valence-electron chi connectivity index (χ3n) is 1.11. The highest BCUT2D eigenvalue weighted by Crippen LogP contribution is 1.89. The number of rotatable bonds is 7. The average Bonchev–Trinajstić information content (AvgIpc) is 1.97. The molecule has 0 N–H and O–H groups in total. The van der Waals surface area contributed by atoms with Crippen LogP contribution in [0.15, 0.2) is 0 Å². The van der Waals surface area contributed by atoms with E-state index in [9.17, 15) is 0 Å². The van der Waals surface area contributed by atoms with Crippen molar-refractivity contribution in [3.63, 3.8) is 0 Å². The number of hydrogen-bond donors (Lipinski definition) is 0. The molecule has 0 aromatic carbocycles. The summed E-state index contributed by atoms with van der Waals surface area (Å²) < 4.78 is 10.2. The van der Waals surface area contributed by atoms with Gasteiger partial charge in [-0.15, -0.1) is 0 Å². The van der Waals surface area contributed by atoms with Crippen LogP contribution in [0, 0.1) is 6.42 Å². The summed E-state index contributed by atoms with van der Waals surface area (Å²) >= 11 is 0. The van der Waals surface area contributed by atoms with Gasteiger partial charge in [-0.3, -0.25) is 0 Å². The van der Waals surface area contributed by atoms with Crippen LogP contribution in [-0.4, -0.2) is 26.4 Å². The lowest BCUT2D eigenvalue weighted by atomic mass is 10.3. The molecule has 0 aromatic heterocycles. The molecule has 0 rings (SSSR count). The number of ether oxygens (including phenoxy) is 2. The zero-order valence-corrected chi connectivity index (χ0v) is 6.93. The van der Waals surface area contributed by atoms with Gasteiger partial charge in [0.2, 0.25) is 0 Å². The van der Waals surface area contributed by atoms with E-state index in [4.69, 9.17) is 9.47 Å². The lowest BCUT2D eigenvalue weighted by Gasteiger charge is -2.00. The van der Waals surface area contributed by atoms with Gasteiger partial charge >= 0.3 is 0 Å². The van der Waals surface area contributed by atoms with Gasteiger partial charge in [0, 0.05) is 26.4 Å². The Labute approximate surface area is 63.5 Å². The third-order valence-corrected chi connectivity index (χ3v) is 1.11. The van der Waals surface area contributed by atoms with Gasteiger partial charge in [-0.1, -0.05) is 0 Å². The molecule has 0 aliphatic heterocycles. The molecular weight excluding hydrogens is 128 g/mol. The van der Waals surface area contributed by atoms with E-state index in [1.807, 2.05) is 13.8 Å². The smallest absolute Gasteiger partial charge is 0.0498 e. The van der Waals surface area contributed by atoms with Crippen molar-refractivity contribution in [1.82, 2.24) is 0 Å². The highest BCUT2D eigenvalue weighted by atomic mass is 16.5. The Bertz CT molecular complexity index is 47.2. The maximum Gasteiger partial charge on any atom is 0.0498 e. The molecule has 0 bridgehead atoms. The van der Waals surface area contributed by atoms with Crippen LogP contribution in [0.3, 0.4) is 0 Å². The molecule has 0 atom stereocenters. The van der Waals surface area contributed by atoms with Gasteiger partial charge in [-0.25, -0.2) is 0 Å². The lowest BCUT2D eigenvalue weighted by Crippen LogP contribution is -1.98. The molecule has 0 heterocycles. The minimum Gasteiger partial charge on any atom is -0.382 e. The molecule has 0 aliphatic carbocycles. The van der Waals surface area contributed by atoms with E-state index in [1.165, 1.54) is 0 Å². The Morgan fingerprint density at radius 2 is 1.80 bits per heavy atom. The first-order valence-electron chi connectivity index (χ1n) is 3.89. The highest BCUT2D eigenvalue weighted by molar-refractivity contribution is 4.61. The van der Waals surface area contributed by atoms with Crippen molar-refractivity contribution in [2.24, 2.45) is 0 Å². The zero-order chi connectivity index (χ0) is 7.66. The SMILES string of the molecule is CCOC[CH]CCOCC. The molecule has 0 spiro atoms. The van der Waals surface area contributed by atoms with E-state index >= 15 is 0 Å². The van der Waals surface area contributed by atoms with E-state index in [1.54, 1.807) is 0 Å². The first-order chi connectivity index (χ1) is 4.91. The Kier molecular flexibility index (Phi) is 8.85. The minimum absolute atomic E-state index is 0.754. The van der Waals surface area contributed by atoms with Crippen molar-refractivity contribution >= 4 is 0 Å². The molecule has 0 aliphatic rings. The van der Waals surface area contributed by atoms with Crippen molar-refractivity contribution < 1.29 is 9.47 Å². The van der Waals surface area contributed by atoms with Gasteiger partial charge in [-0.05, 0) is 26.7 Å². The molecule has 0 amide bonds. The van der Waals surface area contributed by atoms with Crippen LogP contribution in [0.4, 0.5) is 0 Å². The Morgan fingerprint density at radius 3 is 2.40 bits per heavy atom. The molecule has 10 heavy (non-hydrogen) atoms. The first-order valence-corrected chi connectivity index (χ1v) is 3.89. The highest BCUT2D eigenvalue weighted by Gasteiger charge is 1.87. The quantitative estimate of drug-likeness (QED) is 0.507. The Balaban J connectivity index is 2.65. The summed E-state index contributed by atoms with van der Waals surface area (Å²) in [5.41, 5.74) is 0. The second kappa shape index (κ2) is 8.92. The molecule has 1 radical (unpaired) electrons. The van der Waals surface area contributed by atoms with E-state index in [0.717, 1.165) is 32.8 Å². The first kappa shape index (κ1) is 9.92. The zero-order valence-electron chi connectivity index (χ0n) is 6.93. The maximum atomic E-state index is 5.13. The molecule has 0 fully saturated rings. The van der Waals surface area contributed by atoms with Gasteiger partial charge in [0.25, 0.3) is 0 Å². The van der Waals surface area contributed by atoms with Crippen LogP contribution in [0.25, 0.3) is 0 Å². The predicted molar refractivity (Wildman–Crippen MR) is 41.9 cm³/mol. The Morgan fingerprint density at radius 1 is 1.10 bits per heavy atom. The fourth-order valence-electron chi connectivity index (χ4n) is 0.596. The molecule has 61 valence electrons. The molecule has 0 saturated carbocycles. The summed E-state index contributed by atoms with van der Waals surface area (Å²) in [6.07, 6.45) is 3.09. The Hall–Kier alpha value is -0.0800. The summed E-state index contributed by atoms with van der Waals surface area (Å²) in [6, 6.07) is 0. The van der Waals surface area contributed by atoms with Crippen LogP contribution in [0.2, 0.25) is 0 Å². The monoisotopic (exact) mass is 145 g/mol. The van der Waals surface area contributed by atoms with Gasteiger partial charge in [0.1, 0.15) is 0 Å². The fourth-order valence-corrected chi connectivity index (χ4v) is 0.596. The van der Waals surface area contributed by atoms with Crippen molar-refractivity contribution in [2.75, 3.05) is 26.4 Å². The van der Waals surface area contributed by atoms with Crippen molar-refractivity contribution in [2.45, 2.75) is 20.3 Å². The van der Waals surface area contributed by atoms with E-state index in [2.05, 4.69) is 6.42 Å². The summed E-state index contributed by atoms with van der Waals surface area (Å²) in [6.45, 7) is 7.18. The van der Waals surface area contributed by atoms with E-state index in [-0.39, 0.29) is 0 Å². The standard InChI is InChI=1S/C8H17O2/c1-3-9-7-5-6-8-10-4-2/h5H,3-4,6-8H2,1-2H3. The molecule has 2 heteroatoms. The maximum absolute atomic E-state index is 5.13. The number of hydrogen-bond acceptors (Lipinski definition) is 2. The van der Waals surface area contributed by atoms with Gasteiger partial charge < -0.3 is 9.47 Å². The summed E-state index contributed by atoms with van der Waals surface area (Å²) in [5.74, 6) is 0. The molecule has 0 saturated heterocycles. The van der Waals surface area contributed by atoms with Crippen molar-refractivity contribution in [1.29, 1.82) is 0 Å². The summed E-state index contributed by atoms with van der Waals surface area (Å²) in [7, 11) is 0. The molecular formula is C8H17O2. The van der Waals surface area contributed by atoms with Gasteiger partial charge in [0.05, 0.1) is 0 Å². The second-order valence-electron chi connectivity index (χ2n) is 1.93. The summed E-state index contributed by atoms with van der Waals surface area (Å²) in [5, 5.41) is 0. The number of unbranched alkanes of at least 4 members (excludes halogenated alkanes) is 1. The molecule has 2 nitrogen and oxygen atoms in total. The fraction of sp³-hybridized carbons (Fsp3) is 0.875. The van der Waals surface area contributed by atoms with Gasteiger partial charge in [0.15, 0.2) is 0 Å². The second-order valence-corrected chi connectivity index (χ2v) is 1.93. The van der Waals surface area contributed by atoms with Crippen molar-refractivity contribution in [3.8, 4) is 0 Å². The van der Waals surface area contributed by atoms with Crippen LogP contribution in [-0.2, 0) is 9.47 Å². The van der Waals surface area contributed by atoms with Crippen LogP contribution in [0.5, 0.6) is 0 Å². The predicted octanol–water partition coefficient (Wildman–Crippen LogP) is 1.65. The van der Waals surface area contributed by atoms with Crippen LogP contribution in [0.1, 0.15) is 20.3 Å². The summed E-state index contributed by atoms with van der Waals surface area (Å²) in [4.78, 5) is 0. The normalized spacial score (nSPS) is 10.2. The minimum atomic E-state index is 0.754. The molecule has 0 aromatic rings. The van der Waals surface area contributed by atoms with Gasteiger partial charge in [-0.2, -0.15) is 0 Å². The van der Waals surface area contributed by atoms with Crippen molar-refractivity contribution in [3.05, 3.63) is 6.42 Å². The van der Waals surface area contributed by atoms with Crippen LogP contribution >= 0.6 is 0 Å². The van der Waals surface area contributed by atoms with E-state index < -0.39 is 0 Å². The lowest BCUT2D eigenvalue weighted by molar-refractivity contribution is 0.135. The van der Waals surface area contributed by atoms with E-state index in [0.29, 0.717) is 0 Å². The van der Waals surface area contributed by atoms with Crippen LogP contribution < -0.4 is 0 Å². The molecule has 0 unspecified atom stereocenters. The topological polar surface area (TPSA) is 18.5 Å². The largest absolute Gasteiger partial charge is 0.382 e. The average molecular weight is 145 g/mol.